The van der Waals surface area contributed by atoms with Crippen LogP contribution in [0.25, 0.3) is 0 Å². The maximum absolute atomic E-state index is 11.9. The van der Waals surface area contributed by atoms with Crippen LogP contribution in [-0.4, -0.2) is 10.8 Å². The molecule has 0 amide bonds. The molecule has 1 heterocycles. The molecule has 82 valence electrons. The highest BCUT2D eigenvalue weighted by Crippen LogP contribution is 2.08. The van der Waals surface area contributed by atoms with E-state index in [4.69, 9.17) is 5.26 Å². The van der Waals surface area contributed by atoms with Gasteiger partial charge in [0.15, 0.2) is 5.78 Å². The number of rotatable bonds is 3. The van der Waals surface area contributed by atoms with Gasteiger partial charge in [0.1, 0.15) is 0 Å². The van der Waals surface area contributed by atoms with Gasteiger partial charge in [0.25, 0.3) is 0 Å². The summed E-state index contributed by atoms with van der Waals surface area (Å²) in [5.41, 5.74) is 2.11. The van der Waals surface area contributed by atoms with E-state index in [0.717, 1.165) is 5.56 Å². The molecule has 1 aromatic carbocycles. The highest BCUT2D eigenvalue weighted by Gasteiger charge is 2.06. The van der Waals surface area contributed by atoms with Gasteiger partial charge < -0.3 is 0 Å². The molecule has 2 rings (SSSR count). The van der Waals surface area contributed by atoms with E-state index in [0.29, 0.717) is 17.5 Å². The molecule has 0 unspecified atom stereocenters. The van der Waals surface area contributed by atoms with E-state index in [-0.39, 0.29) is 5.78 Å². The van der Waals surface area contributed by atoms with Gasteiger partial charge in [-0.2, -0.15) is 5.26 Å². The SMILES string of the molecule is N#Cc1ccc(CC(=O)c2cccnc2)cc1. The Morgan fingerprint density at radius 3 is 2.59 bits per heavy atom. The summed E-state index contributed by atoms with van der Waals surface area (Å²) in [5, 5.41) is 8.66. The molecule has 0 spiro atoms. The van der Waals surface area contributed by atoms with Gasteiger partial charge in [-0.15, -0.1) is 0 Å². The monoisotopic (exact) mass is 222 g/mol. The number of aromatic nitrogens is 1. The minimum Gasteiger partial charge on any atom is -0.294 e. The molecule has 0 N–H and O–H groups in total. The van der Waals surface area contributed by atoms with E-state index in [1.807, 2.05) is 6.07 Å². The van der Waals surface area contributed by atoms with E-state index >= 15 is 0 Å². The Morgan fingerprint density at radius 1 is 1.24 bits per heavy atom. The second-order valence-electron chi connectivity index (χ2n) is 3.65. The lowest BCUT2D eigenvalue weighted by atomic mass is 10.0. The van der Waals surface area contributed by atoms with Crippen molar-refractivity contribution in [2.75, 3.05) is 0 Å². The Kier molecular flexibility index (Phi) is 3.27. The molecule has 2 aromatic rings. The number of hydrogen-bond acceptors (Lipinski definition) is 3. The van der Waals surface area contributed by atoms with Crippen LogP contribution in [0.5, 0.6) is 0 Å². The second-order valence-corrected chi connectivity index (χ2v) is 3.65. The molecular formula is C14H10N2O. The quantitative estimate of drug-likeness (QED) is 0.749. The molecular weight excluding hydrogens is 212 g/mol. The molecule has 0 fully saturated rings. The molecule has 3 nitrogen and oxygen atoms in total. The number of carbonyl (C=O) groups excluding carboxylic acids is 1. The van der Waals surface area contributed by atoms with Crippen LogP contribution >= 0.6 is 0 Å². The summed E-state index contributed by atoms with van der Waals surface area (Å²) in [6.07, 6.45) is 3.53. The Bertz CT molecular complexity index is 553. The molecule has 0 saturated carbocycles. The van der Waals surface area contributed by atoms with Crippen molar-refractivity contribution < 1.29 is 4.79 Å². The van der Waals surface area contributed by atoms with E-state index in [2.05, 4.69) is 4.98 Å². The third-order valence-electron chi connectivity index (χ3n) is 2.43. The molecule has 1 aromatic heterocycles. The van der Waals surface area contributed by atoms with E-state index in [9.17, 15) is 4.79 Å². The van der Waals surface area contributed by atoms with Crippen LogP contribution in [0, 0.1) is 11.3 Å². The van der Waals surface area contributed by atoms with Gasteiger partial charge in [-0.25, -0.2) is 0 Å². The number of Topliss-reactive ketones (excluding diaryl/α,β-unsaturated/α-hetero) is 1. The second kappa shape index (κ2) is 5.04. The van der Waals surface area contributed by atoms with Gasteiger partial charge in [-0.05, 0) is 29.8 Å². The van der Waals surface area contributed by atoms with Crippen LogP contribution in [0.3, 0.4) is 0 Å². The number of benzene rings is 1. The summed E-state index contributed by atoms with van der Waals surface area (Å²) in [6, 6.07) is 12.6. The van der Waals surface area contributed by atoms with Crippen LogP contribution in [0.4, 0.5) is 0 Å². The highest BCUT2D eigenvalue weighted by atomic mass is 16.1. The minimum absolute atomic E-state index is 0.0304. The first kappa shape index (κ1) is 11.0. The molecule has 0 aliphatic heterocycles. The van der Waals surface area contributed by atoms with Gasteiger partial charge in [0, 0.05) is 24.4 Å². The smallest absolute Gasteiger partial charge is 0.168 e. The first-order valence-electron chi connectivity index (χ1n) is 5.22. The lowest BCUT2D eigenvalue weighted by Gasteiger charge is -2.00. The molecule has 0 aliphatic rings. The summed E-state index contributed by atoms with van der Waals surface area (Å²) < 4.78 is 0. The average Bonchev–Trinajstić information content (AvgIpc) is 2.40. The third-order valence-corrected chi connectivity index (χ3v) is 2.43. The molecule has 0 saturated heterocycles. The lowest BCUT2D eigenvalue weighted by molar-refractivity contribution is 0.0992. The van der Waals surface area contributed by atoms with Crippen LogP contribution in [0.15, 0.2) is 48.8 Å². The number of nitriles is 1. The van der Waals surface area contributed by atoms with Crippen molar-refractivity contribution in [3.8, 4) is 6.07 Å². The maximum Gasteiger partial charge on any atom is 0.168 e. The van der Waals surface area contributed by atoms with Crippen LogP contribution in [0.1, 0.15) is 21.5 Å². The maximum atomic E-state index is 11.9. The fourth-order valence-corrected chi connectivity index (χ4v) is 1.51. The molecule has 3 heteroatoms. The summed E-state index contributed by atoms with van der Waals surface area (Å²) in [4.78, 5) is 15.8. The number of hydrogen-bond donors (Lipinski definition) is 0. The lowest BCUT2D eigenvalue weighted by Crippen LogP contribution is -2.03. The fraction of sp³-hybridized carbons (Fsp3) is 0.0714. The first-order valence-corrected chi connectivity index (χ1v) is 5.22. The van der Waals surface area contributed by atoms with Crippen LogP contribution in [-0.2, 0) is 6.42 Å². The number of nitrogens with zero attached hydrogens (tertiary/aromatic N) is 2. The largest absolute Gasteiger partial charge is 0.294 e. The average molecular weight is 222 g/mol. The summed E-state index contributed by atoms with van der Waals surface area (Å²) in [7, 11) is 0. The predicted octanol–water partition coefficient (Wildman–Crippen LogP) is 2.38. The van der Waals surface area contributed by atoms with Gasteiger partial charge >= 0.3 is 0 Å². The normalized spacial score (nSPS) is 9.59. The van der Waals surface area contributed by atoms with Crippen molar-refractivity contribution in [2.45, 2.75) is 6.42 Å². The van der Waals surface area contributed by atoms with Gasteiger partial charge in [0.05, 0.1) is 11.6 Å². The van der Waals surface area contributed by atoms with Crippen LogP contribution < -0.4 is 0 Å². The van der Waals surface area contributed by atoms with Crippen LogP contribution in [0.2, 0.25) is 0 Å². The molecule has 0 bridgehead atoms. The van der Waals surface area contributed by atoms with Crippen molar-refractivity contribution in [1.29, 1.82) is 5.26 Å². The summed E-state index contributed by atoms with van der Waals surface area (Å²) in [6.45, 7) is 0. The Hall–Kier alpha value is -2.47. The first-order chi connectivity index (χ1) is 8.29. The topological polar surface area (TPSA) is 53.8 Å². The number of ketones is 1. The predicted molar refractivity (Wildman–Crippen MR) is 63.4 cm³/mol. The molecule has 0 radical (unpaired) electrons. The van der Waals surface area contributed by atoms with Gasteiger partial charge in [-0.1, -0.05) is 12.1 Å². The standard InChI is InChI=1S/C14H10N2O/c15-9-12-5-3-11(4-6-12)8-14(17)13-2-1-7-16-10-13/h1-7,10H,8H2. The fourth-order valence-electron chi connectivity index (χ4n) is 1.51. The zero-order valence-electron chi connectivity index (χ0n) is 9.13. The van der Waals surface area contributed by atoms with E-state index in [1.54, 1.807) is 48.8 Å². The zero-order chi connectivity index (χ0) is 12.1. The molecule has 0 aliphatic carbocycles. The molecule has 17 heavy (non-hydrogen) atoms. The third kappa shape index (κ3) is 2.76. The molecule has 0 atom stereocenters. The number of pyridine rings is 1. The van der Waals surface area contributed by atoms with Gasteiger partial charge in [-0.3, -0.25) is 9.78 Å². The zero-order valence-corrected chi connectivity index (χ0v) is 9.13. The number of carbonyl (C=O) groups is 1. The summed E-state index contributed by atoms with van der Waals surface area (Å²) >= 11 is 0. The van der Waals surface area contributed by atoms with Crippen molar-refractivity contribution in [3.63, 3.8) is 0 Å². The minimum atomic E-state index is 0.0304. The summed E-state index contributed by atoms with van der Waals surface area (Å²) in [5.74, 6) is 0.0304. The Morgan fingerprint density at radius 2 is 2.00 bits per heavy atom. The van der Waals surface area contributed by atoms with Crippen molar-refractivity contribution >= 4 is 5.78 Å². The van der Waals surface area contributed by atoms with Gasteiger partial charge in [0.2, 0.25) is 0 Å². The van der Waals surface area contributed by atoms with E-state index < -0.39 is 0 Å². The van der Waals surface area contributed by atoms with Crippen molar-refractivity contribution in [3.05, 3.63) is 65.5 Å². The Labute approximate surface area is 99.4 Å². The van der Waals surface area contributed by atoms with Crippen molar-refractivity contribution in [2.24, 2.45) is 0 Å². The Balaban J connectivity index is 2.11. The van der Waals surface area contributed by atoms with Crippen molar-refractivity contribution in [1.82, 2.24) is 4.98 Å². The van der Waals surface area contributed by atoms with E-state index in [1.165, 1.54) is 0 Å². The highest BCUT2D eigenvalue weighted by molar-refractivity contribution is 5.97.